The van der Waals surface area contributed by atoms with Gasteiger partial charge in [0.1, 0.15) is 17.6 Å². The Balaban J connectivity index is 2.07. The molecule has 0 radical (unpaired) electrons. The molecule has 1 N–H and O–H groups in total. The summed E-state index contributed by atoms with van der Waals surface area (Å²) in [5.41, 5.74) is 1.46. The highest BCUT2D eigenvalue weighted by atomic mass is 16.5. The molecule has 22 heavy (non-hydrogen) atoms. The number of benzene rings is 2. The number of rotatable bonds is 2. The molecular weight excluding hydrogens is 276 g/mol. The van der Waals surface area contributed by atoms with Crippen LogP contribution in [0.1, 0.15) is 17.0 Å². The van der Waals surface area contributed by atoms with Crippen molar-refractivity contribution in [2.75, 3.05) is 0 Å². The molecule has 1 fully saturated rings. The van der Waals surface area contributed by atoms with Crippen LogP contribution in [0.4, 0.5) is 0 Å². The standard InChI is InChI=1S/C18H12N2O2/c19-11-14(12-7-3-1-4-8-12)17-16(21)15(18(20)22-17)13-9-5-2-6-10-13/h1-10,15,20H/b17-14-,20-18?/t15-/m1/s1. The molecule has 0 saturated carbocycles. The second-order valence-corrected chi connectivity index (χ2v) is 4.86. The summed E-state index contributed by atoms with van der Waals surface area (Å²) in [5, 5.41) is 17.3. The van der Waals surface area contributed by atoms with Crippen molar-refractivity contribution in [2.24, 2.45) is 0 Å². The smallest absolute Gasteiger partial charge is 0.216 e. The maximum absolute atomic E-state index is 12.6. The van der Waals surface area contributed by atoms with Gasteiger partial charge in [0.05, 0.1) is 0 Å². The molecule has 4 nitrogen and oxygen atoms in total. The first-order valence-corrected chi connectivity index (χ1v) is 6.77. The summed E-state index contributed by atoms with van der Waals surface area (Å²) in [6.07, 6.45) is 0. The van der Waals surface area contributed by atoms with Crippen LogP contribution in [-0.4, -0.2) is 11.7 Å². The lowest BCUT2D eigenvalue weighted by Gasteiger charge is -2.04. The molecule has 1 aliphatic heterocycles. The summed E-state index contributed by atoms with van der Waals surface area (Å²) in [6, 6.07) is 19.9. The first kappa shape index (κ1) is 13.8. The Morgan fingerprint density at radius 3 is 2.23 bits per heavy atom. The molecule has 2 aromatic rings. The fraction of sp³-hybridized carbons (Fsp3) is 0.0556. The number of Topliss-reactive ketones (excluding diaryl/α,β-unsaturated/α-hetero) is 1. The van der Waals surface area contributed by atoms with E-state index in [0.717, 1.165) is 0 Å². The van der Waals surface area contributed by atoms with E-state index in [4.69, 9.17) is 10.1 Å². The van der Waals surface area contributed by atoms with Crippen molar-refractivity contribution in [1.82, 2.24) is 0 Å². The third-order valence-electron chi connectivity index (χ3n) is 3.49. The van der Waals surface area contributed by atoms with Gasteiger partial charge in [0.15, 0.2) is 5.76 Å². The average Bonchev–Trinajstić information content (AvgIpc) is 2.85. The van der Waals surface area contributed by atoms with E-state index in [-0.39, 0.29) is 23.0 Å². The molecule has 0 aliphatic carbocycles. The van der Waals surface area contributed by atoms with Gasteiger partial charge in [0.2, 0.25) is 11.7 Å². The molecular formula is C18H12N2O2. The zero-order chi connectivity index (χ0) is 15.5. The van der Waals surface area contributed by atoms with Gasteiger partial charge in [-0.1, -0.05) is 60.7 Å². The van der Waals surface area contributed by atoms with Gasteiger partial charge in [-0.25, -0.2) is 0 Å². The fourth-order valence-electron chi connectivity index (χ4n) is 2.44. The molecule has 0 unspecified atom stereocenters. The van der Waals surface area contributed by atoms with Crippen LogP contribution < -0.4 is 0 Å². The Kier molecular flexibility index (Phi) is 3.55. The number of carbonyl (C=O) groups is 1. The maximum atomic E-state index is 12.6. The van der Waals surface area contributed by atoms with Gasteiger partial charge in [-0.2, -0.15) is 5.26 Å². The number of nitrogens with zero attached hydrogens (tertiary/aromatic N) is 1. The predicted molar refractivity (Wildman–Crippen MR) is 82.0 cm³/mol. The van der Waals surface area contributed by atoms with E-state index < -0.39 is 5.92 Å². The molecule has 2 aromatic carbocycles. The summed E-state index contributed by atoms with van der Waals surface area (Å²) in [4.78, 5) is 12.6. The largest absolute Gasteiger partial charge is 0.437 e. The normalized spacial score (nSPS) is 19.5. The van der Waals surface area contributed by atoms with E-state index in [1.807, 2.05) is 18.2 Å². The monoisotopic (exact) mass is 288 g/mol. The third kappa shape index (κ3) is 2.29. The van der Waals surface area contributed by atoms with Gasteiger partial charge in [0, 0.05) is 0 Å². The molecule has 1 heterocycles. The minimum Gasteiger partial charge on any atom is -0.437 e. The zero-order valence-corrected chi connectivity index (χ0v) is 11.6. The number of ether oxygens (including phenoxy) is 1. The Labute approximate surface area is 127 Å². The molecule has 0 spiro atoms. The maximum Gasteiger partial charge on any atom is 0.216 e. The Bertz CT molecular complexity index is 802. The number of ketones is 1. The average molecular weight is 288 g/mol. The van der Waals surface area contributed by atoms with Crippen LogP contribution in [0.25, 0.3) is 5.57 Å². The second-order valence-electron chi connectivity index (χ2n) is 4.86. The summed E-state index contributed by atoms with van der Waals surface area (Å²) in [5.74, 6) is -1.32. The van der Waals surface area contributed by atoms with Gasteiger partial charge in [-0.05, 0) is 11.1 Å². The summed E-state index contributed by atoms with van der Waals surface area (Å²) in [7, 11) is 0. The molecule has 1 atom stereocenters. The molecule has 3 rings (SSSR count). The van der Waals surface area contributed by atoms with E-state index in [1.165, 1.54) is 0 Å². The Hall–Kier alpha value is -3.19. The zero-order valence-electron chi connectivity index (χ0n) is 11.6. The summed E-state index contributed by atoms with van der Waals surface area (Å²) in [6.45, 7) is 0. The fourth-order valence-corrected chi connectivity index (χ4v) is 2.44. The van der Waals surface area contributed by atoms with Gasteiger partial charge < -0.3 is 4.74 Å². The van der Waals surface area contributed by atoms with Crippen molar-refractivity contribution in [3.63, 3.8) is 0 Å². The molecule has 1 saturated heterocycles. The molecule has 4 heteroatoms. The van der Waals surface area contributed by atoms with Crippen molar-refractivity contribution in [3.05, 3.63) is 77.5 Å². The minimum absolute atomic E-state index is 0.0486. The SMILES string of the molecule is N#C/C(=C1/OC(=N)[C@H](c2ccccc2)C1=O)c1ccccc1. The Morgan fingerprint density at radius 2 is 1.64 bits per heavy atom. The second kappa shape index (κ2) is 5.66. The first-order chi connectivity index (χ1) is 10.7. The van der Waals surface area contributed by atoms with Crippen LogP contribution in [0.3, 0.4) is 0 Å². The van der Waals surface area contributed by atoms with Crippen molar-refractivity contribution in [2.45, 2.75) is 5.92 Å². The minimum atomic E-state index is -0.775. The highest BCUT2D eigenvalue weighted by Crippen LogP contribution is 2.34. The quantitative estimate of drug-likeness (QED) is 0.680. The number of hydrogen-bond acceptors (Lipinski definition) is 4. The van der Waals surface area contributed by atoms with Crippen molar-refractivity contribution in [1.29, 1.82) is 10.7 Å². The lowest BCUT2D eigenvalue weighted by molar-refractivity contribution is -0.115. The molecule has 0 amide bonds. The van der Waals surface area contributed by atoms with Crippen molar-refractivity contribution >= 4 is 17.3 Å². The highest BCUT2D eigenvalue weighted by molar-refractivity contribution is 6.21. The van der Waals surface area contributed by atoms with Crippen LogP contribution in [0.15, 0.2) is 66.4 Å². The van der Waals surface area contributed by atoms with E-state index in [9.17, 15) is 10.1 Å². The Morgan fingerprint density at radius 1 is 1.05 bits per heavy atom. The topological polar surface area (TPSA) is 73.9 Å². The van der Waals surface area contributed by atoms with E-state index in [2.05, 4.69) is 0 Å². The lowest BCUT2D eigenvalue weighted by atomic mass is 9.93. The predicted octanol–water partition coefficient (Wildman–Crippen LogP) is 3.28. The van der Waals surface area contributed by atoms with E-state index in [0.29, 0.717) is 11.1 Å². The third-order valence-corrected chi connectivity index (χ3v) is 3.49. The van der Waals surface area contributed by atoms with Gasteiger partial charge in [-0.15, -0.1) is 0 Å². The van der Waals surface area contributed by atoms with Gasteiger partial charge in [0.25, 0.3) is 0 Å². The summed E-state index contributed by atoms with van der Waals surface area (Å²) < 4.78 is 5.34. The van der Waals surface area contributed by atoms with Crippen molar-refractivity contribution in [3.8, 4) is 6.07 Å². The molecule has 106 valence electrons. The molecule has 0 bridgehead atoms. The van der Waals surface area contributed by atoms with Crippen molar-refractivity contribution < 1.29 is 9.53 Å². The van der Waals surface area contributed by atoms with Crippen LogP contribution in [0, 0.1) is 16.7 Å². The highest BCUT2D eigenvalue weighted by Gasteiger charge is 2.40. The summed E-state index contributed by atoms with van der Waals surface area (Å²) >= 11 is 0. The lowest BCUT2D eigenvalue weighted by Crippen LogP contribution is -2.12. The molecule has 1 aliphatic rings. The number of nitrogens with one attached hydrogen (secondary N) is 1. The van der Waals surface area contributed by atoms with Crippen LogP contribution in [0.5, 0.6) is 0 Å². The number of hydrogen-bond donors (Lipinski definition) is 1. The molecule has 0 aromatic heterocycles. The van der Waals surface area contributed by atoms with Gasteiger partial charge in [-0.3, -0.25) is 10.2 Å². The van der Waals surface area contributed by atoms with Crippen LogP contribution in [0.2, 0.25) is 0 Å². The number of nitriles is 1. The van der Waals surface area contributed by atoms with Gasteiger partial charge >= 0.3 is 0 Å². The number of carbonyl (C=O) groups excluding carboxylic acids is 1. The first-order valence-electron chi connectivity index (χ1n) is 6.77. The van der Waals surface area contributed by atoms with Crippen LogP contribution >= 0.6 is 0 Å². The van der Waals surface area contributed by atoms with E-state index >= 15 is 0 Å². The number of allylic oxidation sites excluding steroid dienone is 2. The van der Waals surface area contributed by atoms with E-state index in [1.54, 1.807) is 48.5 Å². The van der Waals surface area contributed by atoms with Crippen LogP contribution in [-0.2, 0) is 9.53 Å².